The number of nitro groups is 1. The first kappa shape index (κ1) is 17.5. The number of thiazole rings is 1. The fourth-order valence-electron chi connectivity index (χ4n) is 2.55. The summed E-state index contributed by atoms with van der Waals surface area (Å²) in [5.74, 6) is 0. The van der Waals surface area contributed by atoms with Gasteiger partial charge in [0.2, 0.25) is 0 Å². The molecule has 0 aliphatic carbocycles. The van der Waals surface area contributed by atoms with Gasteiger partial charge >= 0.3 is 6.03 Å². The van der Waals surface area contributed by atoms with Crippen molar-refractivity contribution in [1.29, 1.82) is 0 Å². The van der Waals surface area contributed by atoms with E-state index < -0.39 is 4.92 Å². The molecular formula is C15H19N5O4S. The van der Waals surface area contributed by atoms with Gasteiger partial charge in [0.05, 0.1) is 28.4 Å². The van der Waals surface area contributed by atoms with Crippen LogP contribution in [0.15, 0.2) is 18.2 Å². The van der Waals surface area contributed by atoms with E-state index >= 15 is 0 Å². The monoisotopic (exact) mass is 365 g/mol. The largest absolute Gasteiger partial charge is 0.379 e. The van der Waals surface area contributed by atoms with Crippen LogP contribution in [-0.4, -0.2) is 60.2 Å². The van der Waals surface area contributed by atoms with Gasteiger partial charge in [0.1, 0.15) is 0 Å². The van der Waals surface area contributed by atoms with E-state index in [4.69, 9.17) is 4.74 Å². The first-order valence-corrected chi connectivity index (χ1v) is 8.83. The molecule has 0 saturated carbocycles. The minimum absolute atomic E-state index is 0.00950. The molecule has 0 bridgehead atoms. The van der Waals surface area contributed by atoms with Gasteiger partial charge in [0.15, 0.2) is 5.13 Å². The topological polar surface area (TPSA) is 110 Å². The second kappa shape index (κ2) is 8.19. The summed E-state index contributed by atoms with van der Waals surface area (Å²) in [7, 11) is 0. The molecule has 2 heterocycles. The molecule has 1 saturated heterocycles. The zero-order chi connectivity index (χ0) is 17.6. The van der Waals surface area contributed by atoms with E-state index in [2.05, 4.69) is 20.5 Å². The molecule has 10 heteroatoms. The van der Waals surface area contributed by atoms with Gasteiger partial charge in [-0.05, 0) is 19.0 Å². The highest BCUT2D eigenvalue weighted by molar-refractivity contribution is 7.22. The van der Waals surface area contributed by atoms with E-state index in [1.54, 1.807) is 6.07 Å². The predicted molar refractivity (Wildman–Crippen MR) is 95.2 cm³/mol. The van der Waals surface area contributed by atoms with Crippen LogP contribution in [0, 0.1) is 10.1 Å². The van der Waals surface area contributed by atoms with Gasteiger partial charge in [0.25, 0.3) is 5.69 Å². The van der Waals surface area contributed by atoms with Crippen LogP contribution >= 0.6 is 11.3 Å². The molecule has 0 spiro atoms. The number of fused-ring (bicyclic) bond motifs is 1. The Bertz CT molecular complexity index is 759. The Morgan fingerprint density at radius 3 is 2.96 bits per heavy atom. The molecule has 25 heavy (non-hydrogen) atoms. The minimum Gasteiger partial charge on any atom is -0.379 e. The Labute approximate surface area is 148 Å². The molecule has 134 valence electrons. The number of anilines is 1. The molecule has 9 nitrogen and oxygen atoms in total. The van der Waals surface area contributed by atoms with Crippen LogP contribution in [0.2, 0.25) is 0 Å². The summed E-state index contributed by atoms with van der Waals surface area (Å²) < 4.78 is 5.96. The van der Waals surface area contributed by atoms with Crippen molar-refractivity contribution in [3.63, 3.8) is 0 Å². The summed E-state index contributed by atoms with van der Waals surface area (Å²) in [6.45, 7) is 4.90. The summed E-state index contributed by atoms with van der Waals surface area (Å²) in [5, 5.41) is 16.7. The number of hydrogen-bond acceptors (Lipinski definition) is 7. The first-order chi connectivity index (χ1) is 12.1. The Kier molecular flexibility index (Phi) is 5.74. The molecule has 2 amide bonds. The number of rotatable bonds is 6. The van der Waals surface area contributed by atoms with E-state index in [0.717, 1.165) is 39.3 Å². The van der Waals surface area contributed by atoms with Gasteiger partial charge in [-0.25, -0.2) is 9.78 Å². The molecule has 1 aromatic carbocycles. The summed E-state index contributed by atoms with van der Waals surface area (Å²) in [5.41, 5.74) is 0.633. The fourth-order valence-corrected chi connectivity index (χ4v) is 3.44. The molecule has 1 aromatic heterocycles. The zero-order valence-corrected chi connectivity index (χ0v) is 14.4. The third-order valence-corrected chi connectivity index (χ3v) is 4.78. The number of nitrogens with zero attached hydrogens (tertiary/aromatic N) is 3. The summed E-state index contributed by atoms with van der Waals surface area (Å²) in [6, 6.07) is 4.11. The number of nitro benzene ring substituents is 1. The van der Waals surface area contributed by atoms with Crippen molar-refractivity contribution in [3.05, 3.63) is 28.3 Å². The van der Waals surface area contributed by atoms with Crippen molar-refractivity contribution in [3.8, 4) is 0 Å². The van der Waals surface area contributed by atoms with E-state index in [1.807, 2.05) is 0 Å². The van der Waals surface area contributed by atoms with Gasteiger partial charge < -0.3 is 10.1 Å². The van der Waals surface area contributed by atoms with Crippen molar-refractivity contribution in [2.75, 3.05) is 44.7 Å². The van der Waals surface area contributed by atoms with Crippen molar-refractivity contribution in [1.82, 2.24) is 15.2 Å². The molecule has 1 aliphatic rings. The molecule has 3 rings (SSSR count). The Morgan fingerprint density at radius 1 is 1.40 bits per heavy atom. The Balaban J connectivity index is 1.45. The number of morpholine rings is 1. The maximum Gasteiger partial charge on any atom is 0.321 e. The van der Waals surface area contributed by atoms with E-state index in [0.29, 0.717) is 21.9 Å². The van der Waals surface area contributed by atoms with E-state index in [1.165, 1.54) is 23.5 Å². The lowest BCUT2D eigenvalue weighted by atomic mass is 10.3. The Morgan fingerprint density at radius 2 is 2.20 bits per heavy atom. The lowest BCUT2D eigenvalue weighted by Gasteiger charge is -2.26. The number of benzene rings is 1. The number of non-ortho nitro benzene ring substituents is 1. The van der Waals surface area contributed by atoms with Gasteiger partial charge in [-0.15, -0.1) is 0 Å². The molecule has 0 atom stereocenters. The van der Waals surface area contributed by atoms with Gasteiger partial charge in [-0.2, -0.15) is 0 Å². The number of urea groups is 1. The molecule has 2 N–H and O–H groups in total. The van der Waals surface area contributed by atoms with Crippen molar-refractivity contribution in [2.24, 2.45) is 0 Å². The normalized spacial score (nSPS) is 15.2. The zero-order valence-electron chi connectivity index (χ0n) is 13.6. The van der Waals surface area contributed by atoms with Crippen LogP contribution in [0.3, 0.4) is 0 Å². The summed E-state index contributed by atoms with van der Waals surface area (Å²) >= 11 is 1.21. The molecule has 1 aliphatic heterocycles. The maximum absolute atomic E-state index is 11.9. The summed E-state index contributed by atoms with van der Waals surface area (Å²) in [6.07, 6.45) is 0.861. The van der Waals surface area contributed by atoms with Crippen molar-refractivity contribution >= 4 is 38.4 Å². The van der Waals surface area contributed by atoms with Gasteiger partial charge in [0, 0.05) is 31.8 Å². The minimum atomic E-state index is -0.451. The standard InChI is InChI=1S/C15H19N5O4S/c21-14(16-4-1-5-19-6-8-24-9-7-19)18-15-17-12-3-2-11(20(22)23)10-13(12)25-15/h2-3,10H,1,4-9H2,(H2,16,17,18,21). The van der Waals surface area contributed by atoms with Crippen LogP contribution in [0.4, 0.5) is 15.6 Å². The number of hydrogen-bond donors (Lipinski definition) is 2. The highest BCUT2D eigenvalue weighted by Gasteiger charge is 2.12. The second-order valence-corrected chi connectivity index (χ2v) is 6.65. The average Bonchev–Trinajstić information content (AvgIpc) is 3.00. The maximum atomic E-state index is 11.9. The molecular weight excluding hydrogens is 346 g/mol. The lowest BCUT2D eigenvalue weighted by Crippen LogP contribution is -2.38. The summed E-state index contributed by atoms with van der Waals surface area (Å²) in [4.78, 5) is 28.8. The van der Waals surface area contributed by atoms with Crippen LogP contribution in [0.5, 0.6) is 0 Å². The van der Waals surface area contributed by atoms with Gasteiger partial charge in [-0.3, -0.25) is 20.3 Å². The fraction of sp³-hybridized carbons (Fsp3) is 0.467. The lowest BCUT2D eigenvalue weighted by molar-refractivity contribution is -0.384. The third-order valence-electron chi connectivity index (χ3n) is 3.84. The average molecular weight is 365 g/mol. The highest BCUT2D eigenvalue weighted by Crippen LogP contribution is 2.28. The molecule has 0 radical (unpaired) electrons. The molecule has 2 aromatic rings. The predicted octanol–water partition coefficient (Wildman–Crippen LogP) is 2.05. The second-order valence-electron chi connectivity index (χ2n) is 5.62. The third kappa shape index (κ3) is 4.84. The van der Waals surface area contributed by atoms with Crippen LogP contribution in [0.25, 0.3) is 10.2 Å². The molecule has 0 unspecified atom stereocenters. The Hall–Kier alpha value is -2.30. The highest BCUT2D eigenvalue weighted by atomic mass is 32.1. The number of aromatic nitrogens is 1. The number of nitrogens with one attached hydrogen (secondary N) is 2. The smallest absolute Gasteiger partial charge is 0.321 e. The number of ether oxygens (including phenoxy) is 1. The van der Waals surface area contributed by atoms with Crippen LogP contribution in [-0.2, 0) is 4.74 Å². The van der Waals surface area contributed by atoms with E-state index in [9.17, 15) is 14.9 Å². The van der Waals surface area contributed by atoms with E-state index in [-0.39, 0.29) is 11.7 Å². The SMILES string of the molecule is O=C(NCCCN1CCOCC1)Nc1nc2ccc([N+](=O)[O-])cc2s1. The van der Waals surface area contributed by atoms with Crippen molar-refractivity contribution < 1.29 is 14.5 Å². The first-order valence-electron chi connectivity index (χ1n) is 8.02. The quantitative estimate of drug-likeness (QED) is 0.461. The number of carbonyl (C=O) groups is 1. The van der Waals surface area contributed by atoms with Crippen molar-refractivity contribution in [2.45, 2.75) is 6.42 Å². The van der Waals surface area contributed by atoms with Crippen LogP contribution in [0.1, 0.15) is 6.42 Å². The van der Waals surface area contributed by atoms with Gasteiger partial charge in [-0.1, -0.05) is 11.3 Å². The van der Waals surface area contributed by atoms with Crippen LogP contribution < -0.4 is 10.6 Å². The number of carbonyl (C=O) groups excluding carboxylic acids is 1. The number of amides is 2. The molecule has 1 fully saturated rings.